The molecular weight excluding hydrogens is 246 g/mol. The van der Waals surface area contributed by atoms with E-state index < -0.39 is 0 Å². The van der Waals surface area contributed by atoms with Gasteiger partial charge >= 0.3 is 0 Å². The molecule has 2 saturated carbocycles. The van der Waals surface area contributed by atoms with Crippen molar-refractivity contribution in [2.75, 3.05) is 6.54 Å². The van der Waals surface area contributed by atoms with E-state index in [0.29, 0.717) is 17.2 Å². The van der Waals surface area contributed by atoms with Gasteiger partial charge in [0.2, 0.25) is 0 Å². The molecule has 1 aromatic rings. The van der Waals surface area contributed by atoms with E-state index in [1.54, 1.807) is 0 Å². The van der Waals surface area contributed by atoms with Crippen LogP contribution in [0.1, 0.15) is 45.1 Å². The number of hydrogen-bond acceptors (Lipinski definition) is 2. The Kier molecular flexibility index (Phi) is 3.76. The third-order valence-electron chi connectivity index (χ3n) is 5.46. The molecule has 1 aromatic carbocycles. The molecule has 2 bridgehead atoms. The van der Waals surface area contributed by atoms with Crippen molar-refractivity contribution in [3.63, 3.8) is 0 Å². The number of nitrogens with one attached hydrogen (secondary N) is 1. The lowest BCUT2D eigenvalue weighted by Crippen LogP contribution is -2.42. The van der Waals surface area contributed by atoms with Crippen molar-refractivity contribution in [2.45, 2.75) is 52.0 Å². The highest BCUT2D eigenvalue weighted by atomic mass is 16.3. The maximum absolute atomic E-state index is 9.45. The molecule has 0 aliphatic heterocycles. The van der Waals surface area contributed by atoms with Crippen molar-refractivity contribution in [3.05, 3.63) is 29.8 Å². The van der Waals surface area contributed by atoms with Gasteiger partial charge in [0.05, 0.1) is 0 Å². The van der Waals surface area contributed by atoms with E-state index in [1.165, 1.54) is 31.2 Å². The molecule has 2 heteroatoms. The first-order valence-electron chi connectivity index (χ1n) is 8.09. The molecule has 3 unspecified atom stereocenters. The summed E-state index contributed by atoms with van der Waals surface area (Å²) in [7, 11) is 0. The Labute approximate surface area is 122 Å². The van der Waals surface area contributed by atoms with E-state index in [9.17, 15) is 5.11 Å². The van der Waals surface area contributed by atoms with Crippen LogP contribution in [0.5, 0.6) is 5.75 Å². The minimum atomic E-state index is 0.371. The zero-order chi connectivity index (χ0) is 14.2. The molecule has 2 aliphatic rings. The van der Waals surface area contributed by atoms with Gasteiger partial charge in [0.25, 0.3) is 0 Å². The lowest BCUT2D eigenvalue weighted by atomic mass is 9.69. The molecule has 2 nitrogen and oxygen atoms in total. The number of phenols is 1. The molecule has 0 saturated heterocycles. The van der Waals surface area contributed by atoms with E-state index >= 15 is 0 Å². The number of rotatable bonds is 5. The lowest BCUT2D eigenvalue weighted by Gasteiger charge is -2.39. The second-order valence-corrected chi connectivity index (χ2v) is 7.32. The molecule has 20 heavy (non-hydrogen) atoms. The van der Waals surface area contributed by atoms with Crippen LogP contribution in [0.3, 0.4) is 0 Å². The first kappa shape index (κ1) is 13.9. The fourth-order valence-electron chi connectivity index (χ4n) is 4.48. The zero-order valence-electron chi connectivity index (χ0n) is 12.7. The first-order chi connectivity index (χ1) is 9.57. The Morgan fingerprint density at radius 1 is 1.25 bits per heavy atom. The Hall–Kier alpha value is -1.02. The number of phenolic OH excluding ortho intramolecular Hbond substituents is 1. The Morgan fingerprint density at radius 3 is 2.55 bits per heavy atom. The summed E-state index contributed by atoms with van der Waals surface area (Å²) in [4.78, 5) is 0. The van der Waals surface area contributed by atoms with E-state index in [4.69, 9.17) is 0 Å². The van der Waals surface area contributed by atoms with E-state index in [1.807, 2.05) is 12.1 Å². The van der Waals surface area contributed by atoms with Crippen molar-refractivity contribution < 1.29 is 5.11 Å². The molecule has 3 atom stereocenters. The topological polar surface area (TPSA) is 32.3 Å². The molecule has 0 aromatic heterocycles. The summed E-state index contributed by atoms with van der Waals surface area (Å²) in [6.07, 6.45) is 6.86. The third kappa shape index (κ3) is 2.71. The Balaban J connectivity index is 1.77. The Morgan fingerprint density at radius 2 is 2.00 bits per heavy atom. The largest absolute Gasteiger partial charge is 0.508 e. The summed E-state index contributed by atoms with van der Waals surface area (Å²) in [6.45, 7) is 5.62. The van der Waals surface area contributed by atoms with Crippen LogP contribution in [-0.4, -0.2) is 17.7 Å². The van der Waals surface area contributed by atoms with Gasteiger partial charge in [-0.15, -0.1) is 0 Å². The van der Waals surface area contributed by atoms with Crippen molar-refractivity contribution in [1.29, 1.82) is 0 Å². The monoisotopic (exact) mass is 273 g/mol. The molecule has 0 heterocycles. The van der Waals surface area contributed by atoms with Crippen LogP contribution in [0.15, 0.2) is 24.3 Å². The molecule has 0 radical (unpaired) electrons. The third-order valence-corrected chi connectivity index (χ3v) is 5.46. The molecular formula is C18H27NO. The zero-order valence-corrected chi connectivity index (χ0v) is 12.7. The highest BCUT2D eigenvalue weighted by Gasteiger charge is 2.50. The van der Waals surface area contributed by atoms with Gasteiger partial charge in [-0.3, -0.25) is 0 Å². The second-order valence-electron chi connectivity index (χ2n) is 7.32. The molecule has 0 spiro atoms. The van der Waals surface area contributed by atoms with Crippen LogP contribution >= 0.6 is 0 Å². The molecule has 2 N–H and O–H groups in total. The van der Waals surface area contributed by atoms with E-state index in [2.05, 4.69) is 31.3 Å². The van der Waals surface area contributed by atoms with Crippen LogP contribution < -0.4 is 5.32 Å². The summed E-state index contributed by atoms with van der Waals surface area (Å²) in [6, 6.07) is 8.40. The highest BCUT2D eigenvalue weighted by Crippen LogP contribution is 2.57. The number of hydrogen-bond donors (Lipinski definition) is 2. The van der Waals surface area contributed by atoms with Crippen LogP contribution in [0.25, 0.3) is 0 Å². The maximum Gasteiger partial charge on any atom is 0.115 e. The van der Waals surface area contributed by atoms with Gasteiger partial charge in [-0.05, 0) is 60.6 Å². The minimum absolute atomic E-state index is 0.371. The van der Waals surface area contributed by atoms with E-state index in [-0.39, 0.29) is 0 Å². The quantitative estimate of drug-likeness (QED) is 0.856. The summed E-state index contributed by atoms with van der Waals surface area (Å²) < 4.78 is 0. The van der Waals surface area contributed by atoms with E-state index in [0.717, 1.165) is 24.8 Å². The van der Waals surface area contributed by atoms with Crippen molar-refractivity contribution in [1.82, 2.24) is 5.32 Å². The van der Waals surface area contributed by atoms with Crippen LogP contribution in [0, 0.1) is 17.3 Å². The van der Waals surface area contributed by atoms with Gasteiger partial charge in [-0.25, -0.2) is 0 Å². The van der Waals surface area contributed by atoms with Gasteiger partial charge < -0.3 is 10.4 Å². The Bertz CT molecular complexity index is 453. The van der Waals surface area contributed by atoms with Gasteiger partial charge in [0, 0.05) is 12.6 Å². The standard InChI is InChI=1S/C18H27NO/c1-13(2)19-12-18(11-15-3-6-16(18)9-15)10-14-4-7-17(20)8-5-14/h4-5,7-8,13,15-16,19-20H,3,6,9-12H2,1-2H3. The summed E-state index contributed by atoms with van der Waals surface area (Å²) in [5.74, 6) is 2.23. The number of aromatic hydroxyl groups is 1. The highest BCUT2D eigenvalue weighted by molar-refractivity contribution is 5.27. The van der Waals surface area contributed by atoms with Gasteiger partial charge in [-0.1, -0.05) is 32.4 Å². The molecule has 2 aliphatic carbocycles. The molecule has 2 fully saturated rings. The average Bonchev–Trinajstić information content (AvgIpc) is 3.00. The van der Waals surface area contributed by atoms with Crippen LogP contribution in [-0.2, 0) is 6.42 Å². The normalized spacial score (nSPS) is 32.1. The summed E-state index contributed by atoms with van der Waals surface area (Å²) in [5.41, 5.74) is 1.82. The summed E-state index contributed by atoms with van der Waals surface area (Å²) in [5, 5.41) is 13.1. The molecule has 3 rings (SSSR count). The lowest BCUT2D eigenvalue weighted by molar-refractivity contribution is 0.152. The predicted octanol–water partition coefficient (Wildman–Crippen LogP) is 3.74. The van der Waals surface area contributed by atoms with Crippen LogP contribution in [0.2, 0.25) is 0 Å². The average molecular weight is 273 g/mol. The SMILES string of the molecule is CC(C)NCC1(Cc2ccc(O)cc2)CC2CCC1C2. The van der Waals surface area contributed by atoms with Crippen LogP contribution in [0.4, 0.5) is 0 Å². The summed E-state index contributed by atoms with van der Waals surface area (Å²) >= 11 is 0. The fourth-order valence-corrected chi connectivity index (χ4v) is 4.48. The smallest absolute Gasteiger partial charge is 0.115 e. The molecule has 110 valence electrons. The fraction of sp³-hybridized carbons (Fsp3) is 0.667. The first-order valence-corrected chi connectivity index (χ1v) is 8.09. The van der Waals surface area contributed by atoms with Crippen molar-refractivity contribution >= 4 is 0 Å². The number of benzene rings is 1. The second kappa shape index (κ2) is 5.40. The number of fused-ring (bicyclic) bond motifs is 2. The van der Waals surface area contributed by atoms with Gasteiger partial charge in [0.15, 0.2) is 0 Å². The maximum atomic E-state index is 9.45. The minimum Gasteiger partial charge on any atom is -0.508 e. The van der Waals surface area contributed by atoms with Gasteiger partial charge in [-0.2, -0.15) is 0 Å². The van der Waals surface area contributed by atoms with Crippen molar-refractivity contribution in [2.24, 2.45) is 17.3 Å². The molecule has 0 amide bonds. The van der Waals surface area contributed by atoms with Gasteiger partial charge in [0.1, 0.15) is 5.75 Å². The van der Waals surface area contributed by atoms with Crippen molar-refractivity contribution in [3.8, 4) is 5.75 Å². The predicted molar refractivity (Wildman–Crippen MR) is 82.8 cm³/mol.